The Balaban J connectivity index is 1.62. The van der Waals surface area contributed by atoms with Gasteiger partial charge in [0.1, 0.15) is 17.7 Å². The van der Waals surface area contributed by atoms with Gasteiger partial charge >= 0.3 is 5.97 Å². The summed E-state index contributed by atoms with van der Waals surface area (Å²) in [6, 6.07) is 7.90. The smallest absolute Gasteiger partial charge is 0.312 e. The number of amides is 3. The number of benzene rings is 1. The van der Waals surface area contributed by atoms with E-state index in [9.17, 15) is 24.3 Å². The van der Waals surface area contributed by atoms with Crippen LogP contribution in [0.2, 0.25) is 0 Å². The van der Waals surface area contributed by atoms with Gasteiger partial charge in [-0.25, -0.2) is 0 Å². The molecule has 3 amide bonds. The summed E-state index contributed by atoms with van der Waals surface area (Å²) in [5.74, 6) is -3.40. The lowest BCUT2D eigenvalue weighted by atomic mass is 9.70. The fourth-order valence-electron chi connectivity index (χ4n) is 6.88. The maximum absolute atomic E-state index is 14.5. The van der Waals surface area contributed by atoms with E-state index in [2.05, 4.69) is 18.5 Å². The van der Waals surface area contributed by atoms with Gasteiger partial charge in [-0.2, -0.15) is 0 Å². The molecular formula is C33H45N3O7. The Bertz CT molecular complexity index is 1200. The van der Waals surface area contributed by atoms with E-state index in [1.54, 1.807) is 24.0 Å². The minimum Gasteiger partial charge on any atom is -0.460 e. The first-order valence-corrected chi connectivity index (χ1v) is 15.2. The molecule has 1 aromatic rings. The van der Waals surface area contributed by atoms with Crippen LogP contribution in [-0.2, 0) is 35.2 Å². The third-order valence-corrected chi connectivity index (χ3v) is 8.91. The number of carbonyl (C=O) groups excluding carboxylic acids is 4. The van der Waals surface area contributed by atoms with E-state index in [0.717, 1.165) is 5.56 Å². The molecule has 3 saturated heterocycles. The fourth-order valence-corrected chi connectivity index (χ4v) is 6.88. The second-order valence-corrected chi connectivity index (χ2v) is 12.2. The van der Waals surface area contributed by atoms with Gasteiger partial charge in [-0.3, -0.25) is 19.2 Å². The van der Waals surface area contributed by atoms with Gasteiger partial charge < -0.3 is 29.7 Å². The van der Waals surface area contributed by atoms with Gasteiger partial charge in [0.25, 0.3) is 0 Å². The van der Waals surface area contributed by atoms with Crippen LogP contribution in [0.5, 0.6) is 0 Å². The predicted octanol–water partition coefficient (Wildman–Crippen LogP) is 2.61. The standard InChI is InChI=1S/C33H45N3O7/c1-6-8-14-26(38)34-18-22(5)42-32(41)27-25-15-16-33(43-25)28(27)30(39)36(24(20-37)21(3)4)29(33)31(40)35(17-7-2)19-23-12-10-9-11-13-23/h6-7,9-13,21-22,24-25,27-29,37H,1-2,8,14-20H2,3-5H3,(H,34,38)/t22-,24-,25+,27-,28-,29+,33-/m0/s1. The number of allylic oxidation sites excluding steroid dienone is 1. The molecule has 2 bridgehead atoms. The average molecular weight is 596 g/mol. The molecule has 1 spiro atoms. The van der Waals surface area contributed by atoms with E-state index in [0.29, 0.717) is 32.2 Å². The highest BCUT2D eigenvalue weighted by molar-refractivity contribution is 5.98. The maximum atomic E-state index is 14.5. The Morgan fingerprint density at radius 2 is 1.93 bits per heavy atom. The zero-order chi connectivity index (χ0) is 31.3. The Morgan fingerprint density at radius 1 is 1.21 bits per heavy atom. The molecule has 234 valence electrons. The van der Waals surface area contributed by atoms with Gasteiger partial charge in [-0.05, 0) is 37.7 Å². The number of rotatable bonds is 15. The number of aliphatic hydroxyl groups is 1. The molecule has 3 fully saturated rings. The van der Waals surface area contributed by atoms with Crippen LogP contribution < -0.4 is 5.32 Å². The van der Waals surface area contributed by atoms with E-state index in [-0.39, 0.29) is 43.3 Å². The Kier molecular flexibility index (Phi) is 10.4. The molecule has 0 aliphatic carbocycles. The number of carbonyl (C=O) groups is 4. The molecular weight excluding hydrogens is 550 g/mol. The highest BCUT2D eigenvalue weighted by Gasteiger charge is 2.75. The van der Waals surface area contributed by atoms with Crippen LogP contribution in [-0.4, -0.2) is 88.2 Å². The summed E-state index contributed by atoms with van der Waals surface area (Å²) < 4.78 is 12.3. The molecule has 3 aliphatic rings. The van der Waals surface area contributed by atoms with Crippen LogP contribution in [0, 0.1) is 17.8 Å². The lowest BCUT2D eigenvalue weighted by Crippen LogP contribution is -2.59. The number of ether oxygens (including phenoxy) is 2. The van der Waals surface area contributed by atoms with E-state index >= 15 is 0 Å². The molecule has 10 heteroatoms. The van der Waals surface area contributed by atoms with E-state index in [1.807, 2.05) is 44.2 Å². The zero-order valence-electron chi connectivity index (χ0n) is 25.4. The molecule has 1 aromatic carbocycles. The van der Waals surface area contributed by atoms with Gasteiger partial charge in [0.2, 0.25) is 17.7 Å². The zero-order valence-corrected chi connectivity index (χ0v) is 25.4. The second kappa shape index (κ2) is 13.9. The molecule has 3 aliphatic heterocycles. The van der Waals surface area contributed by atoms with Crippen molar-refractivity contribution in [2.45, 2.75) is 82.9 Å². The third-order valence-electron chi connectivity index (χ3n) is 8.91. The van der Waals surface area contributed by atoms with Crippen LogP contribution in [0.3, 0.4) is 0 Å². The normalized spacial score (nSPS) is 27.0. The van der Waals surface area contributed by atoms with E-state index < -0.39 is 47.7 Å². The van der Waals surface area contributed by atoms with Crippen molar-refractivity contribution in [1.82, 2.24) is 15.1 Å². The second-order valence-electron chi connectivity index (χ2n) is 12.2. The Labute approximate surface area is 254 Å². The van der Waals surface area contributed by atoms with Crippen LogP contribution in [0.1, 0.15) is 52.0 Å². The van der Waals surface area contributed by atoms with Crippen molar-refractivity contribution in [1.29, 1.82) is 0 Å². The molecule has 0 radical (unpaired) electrons. The molecule has 2 N–H and O–H groups in total. The minimum atomic E-state index is -1.22. The molecule has 3 heterocycles. The SMILES string of the molecule is C=CCCC(=O)NC[C@H](C)OC(=O)[C@@H]1[C@H]2C(=O)N([C@@H](CO)C(C)C)[C@H](C(=O)N(CC=C)Cc3ccccc3)[C@]23CC[C@H]1O3. The van der Waals surface area contributed by atoms with Crippen molar-refractivity contribution in [3.8, 4) is 0 Å². The molecule has 0 saturated carbocycles. The third kappa shape index (κ3) is 6.40. The predicted molar refractivity (Wildman–Crippen MR) is 160 cm³/mol. The average Bonchev–Trinajstić information content (AvgIpc) is 3.63. The molecule has 7 atom stereocenters. The number of likely N-dealkylation sites (tertiary alicyclic amines) is 1. The van der Waals surface area contributed by atoms with Crippen LogP contribution in [0.25, 0.3) is 0 Å². The first kappa shape index (κ1) is 32.4. The molecule has 10 nitrogen and oxygen atoms in total. The van der Waals surface area contributed by atoms with Crippen molar-refractivity contribution in [3.63, 3.8) is 0 Å². The quantitative estimate of drug-likeness (QED) is 0.236. The van der Waals surface area contributed by atoms with Gasteiger partial charge in [-0.15, -0.1) is 13.2 Å². The van der Waals surface area contributed by atoms with Crippen molar-refractivity contribution >= 4 is 23.7 Å². The van der Waals surface area contributed by atoms with Gasteiger partial charge in [0, 0.05) is 19.5 Å². The highest BCUT2D eigenvalue weighted by Crippen LogP contribution is 2.59. The summed E-state index contributed by atoms with van der Waals surface area (Å²) in [6.07, 6.45) is 3.88. The number of hydrogen-bond acceptors (Lipinski definition) is 7. The van der Waals surface area contributed by atoms with Gasteiger partial charge in [0.05, 0.1) is 37.1 Å². The topological polar surface area (TPSA) is 125 Å². The summed E-state index contributed by atoms with van der Waals surface area (Å²) in [4.78, 5) is 57.6. The van der Waals surface area contributed by atoms with E-state index in [1.165, 1.54) is 4.90 Å². The first-order chi connectivity index (χ1) is 20.6. The fraction of sp³-hybridized carbons (Fsp3) is 0.576. The molecule has 43 heavy (non-hydrogen) atoms. The number of esters is 1. The van der Waals surface area contributed by atoms with Gasteiger partial charge in [0.15, 0.2) is 0 Å². The number of aliphatic hydroxyl groups excluding tert-OH is 1. The lowest BCUT2D eigenvalue weighted by Gasteiger charge is -2.40. The number of nitrogens with one attached hydrogen (secondary N) is 1. The monoisotopic (exact) mass is 595 g/mol. The van der Waals surface area contributed by atoms with Crippen molar-refractivity contribution in [2.75, 3.05) is 19.7 Å². The van der Waals surface area contributed by atoms with Crippen molar-refractivity contribution in [2.24, 2.45) is 17.8 Å². The Morgan fingerprint density at radius 3 is 2.56 bits per heavy atom. The number of fused-ring (bicyclic) bond motifs is 1. The van der Waals surface area contributed by atoms with Crippen molar-refractivity contribution in [3.05, 3.63) is 61.2 Å². The Hall–Kier alpha value is -3.50. The van der Waals surface area contributed by atoms with Gasteiger partial charge in [-0.1, -0.05) is 56.3 Å². The van der Waals surface area contributed by atoms with Crippen LogP contribution >= 0.6 is 0 Å². The minimum absolute atomic E-state index is 0.132. The summed E-state index contributed by atoms with van der Waals surface area (Å²) >= 11 is 0. The van der Waals surface area contributed by atoms with Crippen LogP contribution in [0.4, 0.5) is 0 Å². The first-order valence-electron chi connectivity index (χ1n) is 15.2. The summed E-state index contributed by atoms with van der Waals surface area (Å²) in [5, 5.41) is 13.2. The highest BCUT2D eigenvalue weighted by atomic mass is 16.6. The molecule has 4 rings (SSSR count). The largest absolute Gasteiger partial charge is 0.460 e. The summed E-state index contributed by atoms with van der Waals surface area (Å²) in [7, 11) is 0. The summed E-state index contributed by atoms with van der Waals surface area (Å²) in [6.45, 7) is 13.3. The molecule has 0 aromatic heterocycles. The van der Waals surface area contributed by atoms with Crippen LogP contribution in [0.15, 0.2) is 55.6 Å². The van der Waals surface area contributed by atoms with E-state index in [4.69, 9.17) is 9.47 Å². The number of nitrogens with zero attached hydrogens (tertiary/aromatic N) is 2. The number of hydrogen-bond donors (Lipinski definition) is 2. The lowest BCUT2D eigenvalue weighted by molar-refractivity contribution is -0.160. The maximum Gasteiger partial charge on any atom is 0.312 e. The van der Waals surface area contributed by atoms with Crippen molar-refractivity contribution < 1.29 is 33.8 Å². The summed E-state index contributed by atoms with van der Waals surface area (Å²) in [5.41, 5.74) is -0.294. The molecule has 0 unspecified atom stereocenters.